The summed E-state index contributed by atoms with van der Waals surface area (Å²) in [7, 11) is 1.50. The van der Waals surface area contributed by atoms with Crippen molar-refractivity contribution in [3.63, 3.8) is 0 Å². The van der Waals surface area contributed by atoms with Gasteiger partial charge in [0.05, 0.1) is 6.20 Å². The smallest absolute Gasteiger partial charge is 0.245 e. The normalized spacial score (nSPS) is 12.3. The molecular formula is C11H14ClN3O3. The van der Waals surface area contributed by atoms with Crippen LogP contribution in [0, 0.1) is 10.1 Å². The van der Waals surface area contributed by atoms with Gasteiger partial charge in [0.25, 0.3) is 0 Å². The molecule has 0 amide bonds. The Labute approximate surface area is 110 Å². The van der Waals surface area contributed by atoms with Crippen molar-refractivity contribution < 1.29 is 9.66 Å². The number of hydrogen-bond acceptors (Lipinski definition) is 5. The number of aliphatic imine (C=N–C) groups is 1. The molecule has 18 heavy (non-hydrogen) atoms. The molecule has 0 saturated carbocycles. The number of pyridine rings is 1. The fourth-order valence-electron chi connectivity index (χ4n) is 1.43. The van der Waals surface area contributed by atoms with Gasteiger partial charge in [0.1, 0.15) is 22.2 Å². The maximum absolute atomic E-state index is 10.6. The lowest BCUT2D eigenvalue weighted by molar-refractivity contribution is -0.464. The van der Waals surface area contributed by atoms with Crippen molar-refractivity contribution >= 4 is 17.3 Å². The predicted molar refractivity (Wildman–Crippen MR) is 69.2 cm³/mol. The second-order valence-electron chi connectivity index (χ2n) is 4.09. The van der Waals surface area contributed by atoms with Crippen LogP contribution in [0.1, 0.15) is 13.8 Å². The molecule has 0 unspecified atom stereocenters. The van der Waals surface area contributed by atoms with Crippen LogP contribution in [0.25, 0.3) is 0 Å². The molecule has 98 valence electrons. The van der Waals surface area contributed by atoms with E-state index in [2.05, 4.69) is 9.98 Å². The Bertz CT molecular complexity index is 457. The summed E-state index contributed by atoms with van der Waals surface area (Å²) in [6.45, 7) is 3.07. The first-order chi connectivity index (χ1) is 8.35. The van der Waals surface area contributed by atoms with Crippen molar-refractivity contribution in [2.75, 3.05) is 13.6 Å². The van der Waals surface area contributed by atoms with Crippen LogP contribution in [0.4, 0.5) is 0 Å². The molecule has 1 aromatic heterocycles. The molecule has 0 bridgehead atoms. The lowest BCUT2D eigenvalue weighted by Gasteiger charge is -2.26. The van der Waals surface area contributed by atoms with E-state index in [-0.39, 0.29) is 6.54 Å². The highest BCUT2D eigenvalue weighted by molar-refractivity contribution is 6.29. The summed E-state index contributed by atoms with van der Waals surface area (Å²) in [4.78, 5) is 17.9. The molecule has 7 heteroatoms. The highest BCUT2D eigenvalue weighted by atomic mass is 35.5. The molecule has 0 spiro atoms. The van der Waals surface area contributed by atoms with Crippen LogP contribution in [0.2, 0.25) is 5.15 Å². The van der Waals surface area contributed by atoms with Gasteiger partial charge in [-0.25, -0.2) is 4.98 Å². The maximum Gasteiger partial charge on any atom is 0.245 e. The summed E-state index contributed by atoms with van der Waals surface area (Å²) < 4.78 is 5.65. The predicted octanol–water partition coefficient (Wildman–Crippen LogP) is 2.24. The Balaban J connectivity index is 2.85. The van der Waals surface area contributed by atoms with Gasteiger partial charge in [0, 0.05) is 12.0 Å². The number of aromatic nitrogens is 1. The van der Waals surface area contributed by atoms with E-state index in [1.54, 1.807) is 26.0 Å². The highest BCUT2D eigenvalue weighted by Crippen LogP contribution is 2.20. The van der Waals surface area contributed by atoms with Gasteiger partial charge in [-0.05, 0) is 26.0 Å². The van der Waals surface area contributed by atoms with Gasteiger partial charge in [-0.1, -0.05) is 11.6 Å². The molecule has 6 nitrogen and oxygen atoms in total. The zero-order valence-electron chi connectivity index (χ0n) is 10.4. The number of halogens is 1. The van der Waals surface area contributed by atoms with Crippen molar-refractivity contribution in [1.82, 2.24) is 4.98 Å². The summed E-state index contributed by atoms with van der Waals surface area (Å²) in [6.07, 6.45) is 1.46. The minimum atomic E-state index is -0.878. The number of rotatable bonds is 5. The summed E-state index contributed by atoms with van der Waals surface area (Å²) in [5, 5.41) is 10.9. The molecule has 1 aromatic rings. The summed E-state index contributed by atoms with van der Waals surface area (Å²) in [5.74, 6) is 0.480. The number of hydrogen-bond donors (Lipinski definition) is 0. The van der Waals surface area contributed by atoms with Crippen LogP contribution in [0.15, 0.2) is 23.3 Å². The largest absolute Gasteiger partial charge is 0.480 e. The van der Waals surface area contributed by atoms with Crippen molar-refractivity contribution in [3.8, 4) is 5.75 Å². The van der Waals surface area contributed by atoms with Gasteiger partial charge in [0.2, 0.25) is 6.54 Å². The van der Waals surface area contributed by atoms with Crippen LogP contribution < -0.4 is 4.74 Å². The molecule has 1 rings (SSSR count). The van der Waals surface area contributed by atoms with Gasteiger partial charge >= 0.3 is 0 Å². The van der Waals surface area contributed by atoms with Gasteiger partial charge < -0.3 is 4.74 Å². The topological polar surface area (TPSA) is 77.6 Å². The van der Waals surface area contributed by atoms with E-state index >= 15 is 0 Å². The average molecular weight is 272 g/mol. The quantitative estimate of drug-likeness (QED) is 0.356. The van der Waals surface area contributed by atoms with Crippen molar-refractivity contribution in [1.29, 1.82) is 0 Å². The number of ether oxygens (including phenoxy) is 1. The fraction of sp³-hybridized carbons (Fsp3) is 0.455. The molecule has 0 aromatic carbocycles. The Morgan fingerprint density at radius 1 is 1.61 bits per heavy atom. The molecule has 0 atom stereocenters. The van der Waals surface area contributed by atoms with Crippen LogP contribution in [-0.2, 0) is 0 Å². The molecule has 0 aliphatic heterocycles. The minimum absolute atomic E-state index is 0.349. The van der Waals surface area contributed by atoms with Crippen molar-refractivity contribution in [3.05, 3.63) is 33.6 Å². The maximum atomic E-state index is 10.6. The first-order valence-corrected chi connectivity index (χ1v) is 5.61. The summed E-state index contributed by atoms with van der Waals surface area (Å²) in [6, 6.07) is 3.24. The van der Waals surface area contributed by atoms with Crippen LogP contribution in [-0.4, -0.2) is 34.8 Å². The molecular weight excluding hydrogens is 258 g/mol. The molecule has 0 N–H and O–H groups in total. The Morgan fingerprint density at radius 2 is 2.28 bits per heavy atom. The third-order valence-electron chi connectivity index (χ3n) is 2.32. The van der Waals surface area contributed by atoms with Crippen molar-refractivity contribution in [2.45, 2.75) is 19.4 Å². The van der Waals surface area contributed by atoms with Crippen LogP contribution >= 0.6 is 11.6 Å². The number of nitrogens with zero attached hydrogens (tertiary/aromatic N) is 3. The van der Waals surface area contributed by atoms with E-state index in [0.717, 1.165) is 0 Å². The second kappa shape index (κ2) is 5.77. The Kier molecular flexibility index (Phi) is 4.61. The zero-order valence-corrected chi connectivity index (χ0v) is 11.1. The third kappa shape index (κ3) is 3.96. The molecule has 0 saturated heterocycles. The molecule has 1 heterocycles. The Morgan fingerprint density at radius 3 is 2.72 bits per heavy atom. The summed E-state index contributed by atoms with van der Waals surface area (Å²) >= 11 is 5.66. The average Bonchev–Trinajstić information content (AvgIpc) is 2.28. The monoisotopic (exact) mass is 271 g/mol. The van der Waals surface area contributed by atoms with E-state index < -0.39 is 10.5 Å². The van der Waals surface area contributed by atoms with Gasteiger partial charge in [-0.3, -0.25) is 15.1 Å². The van der Waals surface area contributed by atoms with E-state index in [9.17, 15) is 10.1 Å². The molecule has 0 radical (unpaired) electrons. The SMILES string of the molecule is CN=C(C[N+](=O)[O-])C(C)(C)Oc1ccc(Cl)nc1. The van der Waals surface area contributed by atoms with Gasteiger partial charge in [-0.15, -0.1) is 0 Å². The second-order valence-corrected chi connectivity index (χ2v) is 4.48. The van der Waals surface area contributed by atoms with Gasteiger partial charge in [0.15, 0.2) is 0 Å². The number of nitro groups is 1. The lowest BCUT2D eigenvalue weighted by atomic mass is 10.0. The molecule has 0 aliphatic carbocycles. The molecule has 0 fully saturated rings. The van der Waals surface area contributed by atoms with E-state index in [1.807, 2.05) is 0 Å². The highest BCUT2D eigenvalue weighted by Gasteiger charge is 2.30. The first kappa shape index (κ1) is 14.4. The van der Waals surface area contributed by atoms with E-state index in [1.165, 1.54) is 13.2 Å². The van der Waals surface area contributed by atoms with E-state index in [0.29, 0.717) is 16.6 Å². The minimum Gasteiger partial charge on any atom is -0.480 e. The van der Waals surface area contributed by atoms with Crippen molar-refractivity contribution in [2.24, 2.45) is 4.99 Å². The zero-order chi connectivity index (χ0) is 13.8. The summed E-state index contributed by atoms with van der Waals surface area (Å²) in [5.41, 5.74) is -0.528. The fourth-order valence-corrected chi connectivity index (χ4v) is 1.54. The van der Waals surface area contributed by atoms with E-state index in [4.69, 9.17) is 16.3 Å². The first-order valence-electron chi connectivity index (χ1n) is 5.23. The lowest BCUT2D eigenvalue weighted by Crippen LogP contribution is -2.42. The standard InChI is InChI=1S/C11H14ClN3O3/c1-11(2,9(13-3)7-15(16)17)18-8-4-5-10(12)14-6-8/h4-6H,7H2,1-3H3. The van der Waals surface area contributed by atoms with Crippen LogP contribution in [0.3, 0.4) is 0 Å². The molecule has 0 aliphatic rings. The third-order valence-corrected chi connectivity index (χ3v) is 2.54. The van der Waals surface area contributed by atoms with Crippen LogP contribution in [0.5, 0.6) is 5.75 Å². The Hall–Kier alpha value is -1.69. The van der Waals surface area contributed by atoms with Gasteiger partial charge in [-0.2, -0.15) is 0 Å².